The topological polar surface area (TPSA) is 61.4 Å². The molecule has 1 aromatic carbocycles. The highest BCUT2D eigenvalue weighted by atomic mass is 32.1. The Balaban J connectivity index is 1.72. The van der Waals surface area contributed by atoms with Crippen LogP contribution in [0.2, 0.25) is 0 Å². The summed E-state index contributed by atoms with van der Waals surface area (Å²) in [6.45, 7) is 7.04. The summed E-state index contributed by atoms with van der Waals surface area (Å²) in [4.78, 5) is 28.3. The molecule has 2 aromatic rings. The number of nitrogens with one attached hydrogen (secondary N) is 2. The summed E-state index contributed by atoms with van der Waals surface area (Å²) in [5.41, 5.74) is 2.76. The van der Waals surface area contributed by atoms with E-state index in [-0.39, 0.29) is 23.9 Å². The van der Waals surface area contributed by atoms with Gasteiger partial charge in [-0.3, -0.25) is 9.59 Å². The highest BCUT2D eigenvalue weighted by Crippen LogP contribution is 2.30. The zero-order valence-electron chi connectivity index (χ0n) is 16.1. The molecule has 27 heavy (non-hydrogen) atoms. The van der Waals surface area contributed by atoms with Gasteiger partial charge in [0.25, 0.3) is 5.91 Å². The fourth-order valence-corrected chi connectivity index (χ4v) is 4.22. The van der Waals surface area contributed by atoms with Crippen molar-refractivity contribution in [2.75, 3.05) is 18.0 Å². The molecule has 2 N–H and O–H groups in total. The lowest BCUT2D eigenvalue weighted by Gasteiger charge is -2.32. The van der Waals surface area contributed by atoms with Gasteiger partial charge in [0.2, 0.25) is 5.91 Å². The molecule has 0 bridgehead atoms. The Hall–Kier alpha value is -2.34. The van der Waals surface area contributed by atoms with Gasteiger partial charge in [-0.15, -0.1) is 11.3 Å². The van der Waals surface area contributed by atoms with Crippen molar-refractivity contribution >= 4 is 28.8 Å². The number of rotatable bonds is 6. The average Bonchev–Trinajstić information content (AvgIpc) is 3.15. The largest absolute Gasteiger partial charge is 0.362 e. The van der Waals surface area contributed by atoms with Crippen molar-refractivity contribution in [3.05, 3.63) is 51.7 Å². The Kier molecular flexibility index (Phi) is 6.16. The molecule has 0 radical (unpaired) electrons. The van der Waals surface area contributed by atoms with Gasteiger partial charge in [0, 0.05) is 28.7 Å². The minimum atomic E-state index is -0.0422. The molecule has 0 fully saturated rings. The van der Waals surface area contributed by atoms with Gasteiger partial charge in [-0.25, -0.2) is 0 Å². The molecule has 1 unspecified atom stereocenters. The van der Waals surface area contributed by atoms with E-state index in [1.54, 1.807) is 11.3 Å². The Morgan fingerprint density at radius 1 is 1.15 bits per heavy atom. The maximum atomic E-state index is 12.6. The normalized spacial score (nSPS) is 14.6. The van der Waals surface area contributed by atoms with E-state index in [1.807, 2.05) is 56.5 Å². The molecule has 144 valence electrons. The maximum absolute atomic E-state index is 12.6. The summed E-state index contributed by atoms with van der Waals surface area (Å²) < 4.78 is 0. The molecule has 2 heterocycles. The van der Waals surface area contributed by atoms with Crippen molar-refractivity contribution in [2.45, 2.75) is 45.7 Å². The predicted molar refractivity (Wildman–Crippen MR) is 110 cm³/mol. The van der Waals surface area contributed by atoms with Crippen molar-refractivity contribution in [1.82, 2.24) is 10.6 Å². The Bertz CT molecular complexity index is 802. The first-order chi connectivity index (χ1) is 13.0. The quantitative estimate of drug-likeness (QED) is 0.800. The van der Waals surface area contributed by atoms with Crippen molar-refractivity contribution in [3.63, 3.8) is 0 Å². The molecule has 2 amide bonds. The van der Waals surface area contributed by atoms with E-state index in [1.165, 1.54) is 0 Å². The lowest BCUT2D eigenvalue weighted by Crippen LogP contribution is -2.41. The summed E-state index contributed by atoms with van der Waals surface area (Å²) in [6.07, 6.45) is 1.80. The summed E-state index contributed by atoms with van der Waals surface area (Å²) in [5, 5.41) is 8.06. The van der Waals surface area contributed by atoms with E-state index >= 15 is 0 Å². The molecule has 0 aliphatic carbocycles. The fraction of sp³-hybridized carbons (Fsp3) is 0.429. The van der Waals surface area contributed by atoms with Crippen LogP contribution in [0.25, 0.3) is 0 Å². The third-order valence-electron chi connectivity index (χ3n) is 4.69. The van der Waals surface area contributed by atoms with E-state index in [2.05, 4.69) is 15.5 Å². The van der Waals surface area contributed by atoms with Crippen molar-refractivity contribution in [2.24, 2.45) is 0 Å². The number of benzene rings is 1. The first-order valence-corrected chi connectivity index (χ1v) is 10.3. The summed E-state index contributed by atoms with van der Waals surface area (Å²) in [7, 11) is 0. The third kappa shape index (κ3) is 4.69. The lowest BCUT2D eigenvalue weighted by atomic mass is 9.95. The first-order valence-electron chi connectivity index (χ1n) is 9.46. The molecule has 1 aromatic heterocycles. The number of hydrogen-bond acceptors (Lipinski definition) is 4. The minimum absolute atomic E-state index is 0.000727. The molecule has 0 saturated heterocycles. The molecule has 1 aliphatic heterocycles. The SMILES string of the molecule is CC(C)NC(=O)c1cccc2c1CCCN2CC(=O)NC(C)c1cccs1. The van der Waals surface area contributed by atoms with E-state index in [4.69, 9.17) is 0 Å². The van der Waals surface area contributed by atoms with Gasteiger partial charge in [-0.2, -0.15) is 0 Å². The van der Waals surface area contributed by atoms with Gasteiger partial charge in [-0.05, 0) is 62.8 Å². The van der Waals surface area contributed by atoms with Gasteiger partial charge in [0.15, 0.2) is 0 Å². The molecule has 6 heteroatoms. The van der Waals surface area contributed by atoms with E-state index in [0.29, 0.717) is 6.54 Å². The zero-order chi connectivity index (χ0) is 19.4. The van der Waals surface area contributed by atoms with Crippen LogP contribution >= 0.6 is 11.3 Å². The summed E-state index contributed by atoms with van der Waals surface area (Å²) in [6, 6.07) is 9.91. The maximum Gasteiger partial charge on any atom is 0.251 e. The lowest BCUT2D eigenvalue weighted by molar-refractivity contribution is -0.120. The Morgan fingerprint density at radius 3 is 2.67 bits per heavy atom. The molecule has 1 aliphatic rings. The minimum Gasteiger partial charge on any atom is -0.362 e. The van der Waals surface area contributed by atoms with Crippen LogP contribution in [0.1, 0.15) is 54.0 Å². The Morgan fingerprint density at radius 2 is 1.96 bits per heavy atom. The van der Waals surface area contributed by atoms with Gasteiger partial charge < -0.3 is 15.5 Å². The second-order valence-electron chi connectivity index (χ2n) is 7.26. The van der Waals surface area contributed by atoms with Gasteiger partial charge in [0.1, 0.15) is 0 Å². The van der Waals surface area contributed by atoms with Gasteiger partial charge >= 0.3 is 0 Å². The third-order valence-corrected chi connectivity index (χ3v) is 5.75. The molecule has 3 rings (SSSR count). The van der Waals surface area contributed by atoms with Crippen LogP contribution < -0.4 is 15.5 Å². The number of fused-ring (bicyclic) bond motifs is 1. The number of anilines is 1. The number of thiophene rings is 1. The number of carbonyl (C=O) groups is 2. The highest BCUT2D eigenvalue weighted by molar-refractivity contribution is 7.10. The van der Waals surface area contributed by atoms with Crippen LogP contribution in [-0.4, -0.2) is 30.9 Å². The summed E-state index contributed by atoms with van der Waals surface area (Å²) >= 11 is 1.64. The van der Waals surface area contributed by atoms with Crippen LogP contribution in [0.5, 0.6) is 0 Å². The van der Waals surface area contributed by atoms with Crippen LogP contribution in [0.4, 0.5) is 5.69 Å². The second-order valence-corrected chi connectivity index (χ2v) is 8.24. The van der Waals surface area contributed by atoms with Crippen LogP contribution in [0.15, 0.2) is 35.7 Å². The van der Waals surface area contributed by atoms with Crippen LogP contribution in [-0.2, 0) is 11.2 Å². The first kappa shape index (κ1) is 19.4. The van der Waals surface area contributed by atoms with E-state index in [9.17, 15) is 9.59 Å². The van der Waals surface area contributed by atoms with Gasteiger partial charge in [0.05, 0.1) is 12.6 Å². The zero-order valence-corrected chi connectivity index (χ0v) is 16.9. The number of hydrogen-bond donors (Lipinski definition) is 2. The molecular weight excluding hydrogens is 358 g/mol. The molecule has 0 saturated carbocycles. The monoisotopic (exact) mass is 385 g/mol. The van der Waals surface area contributed by atoms with E-state index in [0.717, 1.165) is 41.1 Å². The molecule has 1 atom stereocenters. The standard InChI is InChI=1S/C21H27N3O2S/c1-14(2)22-21(26)17-7-4-9-18-16(17)8-5-11-24(18)13-20(25)23-15(3)19-10-6-12-27-19/h4,6-7,9-10,12,14-15H,5,8,11,13H2,1-3H3,(H,22,26)(H,23,25). The van der Waals surface area contributed by atoms with Crippen molar-refractivity contribution in [3.8, 4) is 0 Å². The van der Waals surface area contributed by atoms with Crippen LogP contribution in [0.3, 0.4) is 0 Å². The van der Waals surface area contributed by atoms with Gasteiger partial charge in [-0.1, -0.05) is 12.1 Å². The van der Waals surface area contributed by atoms with Crippen molar-refractivity contribution < 1.29 is 9.59 Å². The Labute approximate surface area is 164 Å². The number of amides is 2. The summed E-state index contributed by atoms with van der Waals surface area (Å²) in [5.74, 6) is -0.0414. The smallest absolute Gasteiger partial charge is 0.251 e. The highest BCUT2D eigenvalue weighted by Gasteiger charge is 2.24. The fourth-order valence-electron chi connectivity index (χ4n) is 3.49. The number of nitrogens with zero attached hydrogens (tertiary/aromatic N) is 1. The van der Waals surface area contributed by atoms with E-state index < -0.39 is 0 Å². The van der Waals surface area contributed by atoms with Crippen LogP contribution in [0, 0.1) is 0 Å². The predicted octanol–water partition coefficient (Wildman–Crippen LogP) is 3.52. The molecule has 0 spiro atoms. The number of carbonyl (C=O) groups excluding carboxylic acids is 2. The average molecular weight is 386 g/mol. The van der Waals surface area contributed by atoms with Crippen molar-refractivity contribution in [1.29, 1.82) is 0 Å². The second kappa shape index (κ2) is 8.57. The molecular formula is C21H27N3O2S. The molecule has 5 nitrogen and oxygen atoms in total.